The van der Waals surface area contributed by atoms with Crippen molar-refractivity contribution in [3.8, 4) is 0 Å². The third-order valence-electron chi connectivity index (χ3n) is 3.36. The molecule has 23 heavy (non-hydrogen) atoms. The Hall–Kier alpha value is -2.77. The topological polar surface area (TPSA) is 103 Å². The van der Waals surface area contributed by atoms with Crippen LogP contribution in [0.2, 0.25) is 0 Å². The van der Waals surface area contributed by atoms with Crippen LogP contribution in [0.4, 0.5) is 0 Å². The first-order valence-corrected chi connectivity index (χ1v) is 7.13. The van der Waals surface area contributed by atoms with Gasteiger partial charge in [-0.05, 0) is 18.1 Å². The summed E-state index contributed by atoms with van der Waals surface area (Å²) in [6.45, 7) is 3.24. The van der Waals surface area contributed by atoms with Crippen molar-refractivity contribution in [3.05, 3.63) is 34.6 Å². The van der Waals surface area contributed by atoms with Crippen molar-refractivity contribution in [2.45, 2.75) is 26.4 Å². The lowest BCUT2D eigenvalue weighted by Gasteiger charge is -2.19. The number of hydrogen-bond acceptors (Lipinski definition) is 6. The van der Waals surface area contributed by atoms with Crippen LogP contribution in [0.25, 0.3) is 10.9 Å². The maximum atomic E-state index is 12.3. The zero-order chi connectivity index (χ0) is 17.0. The van der Waals surface area contributed by atoms with Gasteiger partial charge in [-0.25, -0.2) is 9.48 Å². The Labute approximate surface area is 132 Å². The molecule has 8 nitrogen and oxygen atoms in total. The number of ether oxygens (including phenoxy) is 1. The van der Waals surface area contributed by atoms with E-state index in [1.165, 1.54) is 7.11 Å². The van der Waals surface area contributed by atoms with Gasteiger partial charge in [-0.2, -0.15) is 0 Å². The monoisotopic (exact) mass is 318 g/mol. The van der Waals surface area contributed by atoms with Crippen molar-refractivity contribution < 1.29 is 14.3 Å². The van der Waals surface area contributed by atoms with Gasteiger partial charge in [0.2, 0.25) is 5.91 Å². The predicted molar refractivity (Wildman–Crippen MR) is 82.6 cm³/mol. The molecule has 0 radical (unpaired) electrons. The van der Waals surface area contributed by atoms with Gasteiger partial charge in [-0.3, -0.25) is 9.59 Å². The second-order valence-corrected chi connectivity index (χ2v) is 5.38. The van der Waals surface area contributed by atoms with Crippen LogP contribution in [0.5, 0.6) is 0 Å². The first kappa shape index (κ1) is 16.6. The Kier molecular flexibility index (Phi) is 5.05. The number of carbonyl (C=O) groups excluding carboxylic acids is 2. The van der Waals surface area contributed by atoms with E-state index in [1.54, 1.807) is 38.1 Å². The lowest BCUT2D eigenvalue weighted by Crippen LogP contribution is -2.47. The number of fused-ring (bicyclic) bond motifs is 1. The standard InChI is InChI=1S/C15H18N4O4/c1-9(2)13(15(22)23-3)16-12(20)8-19-14(21)10-6-4-5-7-11(10)17-18-19/h4-7,9,13H,8H2,1-3H3,(H,16,20)/t13-/m0/s1. The van der Waals surface area contributed by atoms with Crippen LogP contribution in [0, 0.1) is 5.92 Å². The molecule has 122 valence electrons. The average molecular weight is 318 g/mol. The minimum absolute atomic E-state index is 0.147. The van der Waals surface area contributed by atoms with Crippen LogP contribution < -0.4 is 10.9 Å². The number of amides is 1. The molecule has 0 aliphatic heterocycles. The molecule has 8 heteroatoms. The van der Waals surface area contributed by atoms with Crippen LogP contribution in [0.1, 0.15) is 13.8 Å². The van der Waals surface area contributed by atoms with Crippen molar-refractivity contribution in [3.63, 3.8) is 0 Å². The molecular weight excluding hydrogens is 300 g/mol. The Morgan fingerprint density at radius 1 is 1.30 bits per heavy atom. The molecule has 0 fully saturated rings. The van der Waals surface area contributed by atoms with Gasteiger partial charge in [0.05, 0.1) is 12.5 Å². The largest absolute Gasteiger partial charge is 0.467 e. The van der Waals surface area contributed by atoms with E-state index in [-0.39, 0.29) is 12.5 Å². The van der Waals surface area contributed by atoms with Crippen molar-refractivity contribution in [1.82, 2.24) is 20.3 Å². The second kappa shape index (κ2) is 6.99. The molecule has 0 saturated heterocycles. The summed E-state index contributed by atoms with van der Waals surface area (Å²) < 4.78 is 5.62. The van der Waals surface area contributed by atoms with E-state index in [9.17, 15) is 14.4 Å². The summed E-state index contributed by atoms with van der Waals surface area (Å²) in [4.78, 5) is 36.0. The molecule has 1 aromatic carbocycles. The molecule has 0 unspecified atom stereocenters. The summed E-state index contributed by atoms with van der Waals surface area (Å²) in [5.41, 5.74) is 0.0497. The van der Waals surface area contributed by atoms with E-state index in [4.69, 9.17) is 0 Å². The molecule has 0 bridgehead atoms. The summed E-state index contributed by atoms with van der Waals surface area (Å²) in [6, 6.07) is 5.96. The maximum absolute atomic E-state index is 12.3. The first-order valence-electron chi connectivity index (χ1n) is 7.13. The number of methoxy groups -OCH3 is 1. The van der Waals surface area contributed by atoms with Gasteiger partial charge in [-0.15, -0.1) is 5.10 Å². The van der Waals surface area contributed by atoms with E-state index < -0.39 is 23.5 Å². The smallest absolute Gasteiger partial charge is 0.328 e. The van der Waals surface area contributed by atoms with Gasteiger partial charge in [0.25, 0.3) is 5.56 Å². The van der Waals surface area contributed by atoms with Crippen molar-refractivity contribution in [2.75, 3.05) is 7.11 Å². The molecule has 1 N–H and O–H groups in total. The summed E-state index contributed by atoms with van der Waals surface area (Å²) in [5.74, 6) is -1.20. The van der Waals surface area contributed by atoms with Gasteiger partial charge in [0.15, 0.2) is 0 Å². The number of hydrogen-bond donors (Lipinski definition) is 1. The van der Waals surface area contributed by atoms with Crippen LogP contribution in [0.15, 0.2) is 29.1 Å². The highest BCUT2D eigenvalue weighted by atomic mass is 16.5. The highest BCUT2D eigenvalue weighted by Crippen LogP contribution is 2.05. The third-order valence-corrected chi connectivity index (χ3v) is 3.36. The number of nitrogens with one attached hydrogen (secondary N) is 1. The van der Waals surface area contributed by atoms with E-state index in [2.05, 4.69) is 20.4 Å². The van der Waals surface area contributed by atoms with Crippen LogP contribution in [-0.2, 0) is 20.9 Å². The molecule has 1 amide bonds. The Morgan fingerprint density at radius 3 is 2.65 bits per heavy atom. The molecular formula is C15H18N4O4. The summed E-state index contributed by atoms with van der Waals surface area (Å²) in [7, 11) is 1.25. The minimum atomic E-state index is -0.781. The first-order chi connectivity index (χ1) is 10.9. The van der Waals surface area contributed by atoms with Gasteiger partial charge < -0.3 is 10.1 Å². The van der Waals surface area contributed by atoms with Gasteiger partial charge in [-0.1, -0.05) is 31.2 Å². The maximum Gasteiger partial charge on any atom is 0.328 e. The second-order valence-electron chi connectivity index (χ2n) is 5.38. The number of carbonyl (C=O) groups is 2. The van der Waals surface area contributed by atoms with Crippen molar-refractivity contribution >= 4 is 22.8 Å². The molecule has 0 aliphatic carbocycles. The normalized spacial score (nSPS) is 12.2. The zero-order valence-corrected chi connectivity index (χ0v) is 13.1. The van der Waals surface area contributed by atoms with Gasteiger partial charge >= 0.3 is 5.97 Å². The third kappa shape index (κ3) is 3.71. The Bertz CT molecular complexity index is 784. The fourth-order valence-corrected chi connectivity index (χ4v) is 2.11. The number of nitrogens with zero attached hydrogens (tertiary/aromatic N) is 3. The van der Waals surface area contributed by atoms with Gasteiger partial charge in [0, 0.05) is 0 Å². The fraction of sp³-hybridized carbons (Fsp3) is 0.400. The fourth-order valence-electron chi connectivity index (χ4n) is 2.11. The van der Waals surface area contributed by atoms with Crippen LogP contribution >= 0.6 is 0 Å². The predicted octanol–water partition coefficient (Wildman–Crippen LogP) is 0.105. The Morgan fingerprint density at radius 2 is 2.00 bits per heavy atom. The number of rotatable bonds is 5. The van der Waals surface area contributed by atoms with E-state index in [0.717, 1.165) is 4.68 Å². The summed E-state index contributed by atoms with van der Waals surface area (Å²) >= 11 is 0. The quantitative estimate of drug-likeness (QED) is 0.785. The molecule has 2 rings (SSSR count). The molecule has 0 saturated carbocycles. The molecule has 1 aromatic heterocycles. The molecule has 2 aromatic rings. The van der Waals surface area contributed by atoms with E-state index in [1.807, 2.05) is 0 Å². The molecule has 1 heterocycles. The minimum Gasteiger partial charge on any atom is -0.467 e. The van der Waals surface area contributed by atoms with Crippen molar-refractivity contribution in [2.24, 2.45) is 5.92 Å². The van der Waals surface area contributed by atoms with Crippen LogP contribution in [0.3, 0.4) is 0 Å². The van der Waals surface area contributed by atoms with E-state index >= 15 is 0 Å². The summed E-state index contributed by atoms with van der Waals surface area (Å²) in [5, 5.41) is 10.6. The molecule has 0 spiro atoms. The average Bonchev–Trinajstić information content (AvgIpc) is 2.54. The van der Waals surface area contributed by atoms with Crippen LogP contribution in [-0.4, -0.2) is 40.0 Å². The van der Waals surface area contributed by atoms with Gasteiger partial charge in [0.1, 0.15) is 18.1 Å². The number of benzene rings is 1. The number of esters is 1. The Balaban J connectivity index is 2.19. The highest BCUT2D eigenvalue weighted by Gasteiger charge is 2.25. The number of aromatic nitrogens is 3. The molecule has 1 atom stereocenters. The van der Waals surface area contributed by atoms with E-state index in [0.29, 0.717) is 10.9 Å². The van der Waals surface area contributed by atoms with Crippen molar-refractivity contribution in [1.29, 1.82) is 0 Å². The molecule has 0 aliphatic rings. The lowest BCUT2D eigenvalue weighted by molar-refractivity contribution is -0.146. The summed E-state index contributed by atoms with van der Waals surface area (Å²) in [6.07, 6.45) is 0. The SMILES string of the molecule is COC(=O)[C@@H](NC(=O)Cn1nnc2ccccc2c1=O)C(C)C. The highest BCUT2D eigenvalue weighted by molar-refractivity contribution is 5.84. The lowest BCUT2D eigenvalue weighted by atomic mass is 10.0. The zero-order valence-electron chi connectivity index (χ0n) is 13.1.